The molecular weight excluding hydrogens is 236 g/mol. The van der Waals surface area contributed by atoms with Crippen molar-refractivity contribution in [2.24, 2.45) is 0 Å². The Labute approximate surface area is 116 Å². The number of rotatable bonds is 5. The van der Waals surface area contributed by atoms with Crippen LogP contribution in [-0.2, 0) is 0 Å². The van der Waals surface area contributed by atoms with E-state index in [1.807, 2.05) is 12.1 Å². The fourth-order valence-corrected chi connectivity index (χ4v) is 2.58. The minimum Gasteiger partial charge on any atom is -0.492 e. The van der Waals surface area contributed by atoms with E-state index in [2.05, 4.69) is 36.3 Å². The van der Waals surface area contributed by atoms with E-state index in [0.29, 0.717) is 6.04 Å². The summed E-state index contributed by atoms with van der Waals surface area (Å²) < 4.78 is 5.76. The Morgan fingerprint density at radius 2 is 2.21 bits per heavy atom. The second-order valence-corrected chi connectivity index (χ2v) is 5.55. The number of hydrogen-bond donors (Lipinski definition) is 1. The van der Waals surface area contributed by atoms with Crippen molar-refractivity contribution in [2.45, 2.75) is 32.2 Å². The quantitative estimate of drug-likeness (QED) is 0.825. The summed E-state index contributed by atoms with van der Waals surface area (Å²) in [4.78, 5) is 2.42. The number of aryl methyl sites for hydroxylation is 1. The van der Waals surface area contributed by atoms with Crippen molar-refractivity contribution < 1.29 is 4.74 Å². The van der Waals surface area contributed by atoms with Crippen molar-refractivity contribution in [3.8, 4) is 5.75 Å². The SMILES string of the molecule is Cc1cccc(OCCNC2CCCN(C)CC2)c1. The number of hydrogen-bond acceptors (Lipinski definition) is 3. The van der Waals surface area contributed by atoms with Crippen molar-refractivity contribution in [1.29, 1.82) is 0 Å². The number of ether oxygens (including phenoxy) is 1. The summed E-state index contributed by atoms with van der Waals surface area (Å²) in [7, 11) is 2.21. The lowest BCUT2D eigenvalue weighted by molar-refractivity contribution is 0.298. The molecule has 1 fully saturated rings. The molecule has 1 aliphatic rings. The third-order valence-corrected chi connectivity index (χ3v) is 3.75. The molecule has 0 aliphatic carbocycles. The minimum atomic E-state index is 0.658. The first-order chi connectivity index (χ1) is 9.24. The molecule has 0 aromatic heterocycles. The van der Waals surface area contributed by atoms with Gasteiger partial charge < -0.3 is 15.0 Å². The van der Waals surface area contributed by atoms with Crippen LogP contribution in [0.15, 0.2) is 24.3 Å². The Morgan fingerprint density at radius 3 is 3.05 bits per heavy atom. The molecule has 106 valence electrons. The molecule has 19 heavy (non-hydrogen) atoms. The highest BCUT2D eigenvalue weighted by Gasteiger charge is 2.13. The molecule has 1 aromatic rings. The second-order valence-electron chi connectivity index (χ2n) is 5.55. The molecule has 1 aliphatic heterocycles. The molecular formula is C16H26N2O. The van der Waals surface area contributed by atoms with Crippen LogP contribution >= 0.6 is 0 Å². The lowest BCUT2D eigenvalue weighted by atomic mass is 10.1. The van der Waals surface area contributed by atoms with E-state index < -0.39 is 0 Å². The van der Waals surface area contributed by atoms with Gasteiger partial charge in [0, 0.05) is 12.6 Å². The molecule has 0 bridgehead atoms. The maximum Gasteiger partial charge on any atom is 0.119 e. The molecule has 0 radical (unpaired) electrons. The molecule has 1 unspecified atom stereocenters. The van der Waals surface area contributed by atoms with Crippen LogP contribution in [0.3, 0.4) is 0 Å². The maximum atomic E-state index is 5.76. The molecule has 1 N–H and O–H groups in total. The highest BCUT2D eigenvalue weighted by Crippen LogP contribution is 2.12. The van der Waals surface area contributed by atoms with Gasteiger partial charge in [0.15, 0.2) is 0 Å². The average molecular weight is 262 g/mol. The van der Waals surface area contributed by atoms with Gasteiger partial charge in [0.2, 0.25) is 0 Å². The zero-order valence-electron chi connectivity index (χ0n) is 12.2. The number of nitrogens with zero attached hydrogens (tertiary/aromatic N) is 1. The summed E-state index contributed by atoms with van der Waals surface area (Å²) in [5, 5.41) is 3.62. The molecule has 1 saturated heterocycles. The molecule has 1 aromatic carbocycles. The van der Waals surface area contributed by atoms with E-state index in [-0.39, 0.29) is 0 Å². The first kappa shape index (κ1) is 14.4. The van der Waals surface area contributed by atoms with E-state index in [9.17, 15) is 0 Å². The van der Waals surface area contributed by atoms with Crippen molar-refractivity contribution >= 4 is 0 Å². The van der Waals surface area contributed by atoms with Crippen LogP contribution in [0.4, 0.5) is 0 Å². The fourth-order valence-electron chi connectivity index (χ4n) is 2.58. The Morgan fingerprint density at radius 1 is 1.32 bits per heavy atom. The van der Waals surface area contributed by atoms with E-state index in [1.165, 1.54) is 37.9 Å². The first-order valence-electron chi connectivity index (χ1n) is 7.35. The van der Waals surface area contributed by atoms with Crippen LogP contribution in [0, 0.1) is 6.92 Å². The van der Waals surface area contributed by atoms with Gasteiger partial charge in [-0.2, -0.15) is 0 Å². The summed E-state index contributed by atoms with van der Waals surface area (Å²) in [6.45, 7) is 6.21. The van der Waals surface area contributed by atoms with Crippen molar-refractivity contribution in [2.75, 3.05) is 33.3 Å². The van der Waals surface area contributed by atoms with Crippen molar-refractivity contribution in [3.05, 3.63) is 29.8 Å². The Bertz CT molecular complexity index is 381. The van der Waals surface area contributed by atoms with Gasteiger partial charge >= 0.3 is 0 Å². The predicted molar refractivity (Wildman–Crippen MR) is 79.8 cm³/mol. The Kier molecular flexibility index (Phi) is 5.67. The zero-order chi connectivity index (χ0) is 13.5. The summed E-state index contributed by atoms with van der Waals surface area (Å²) in [6.07, 6.45) is 3.84. The molecule has 1 heterocycles. The van der Waals surface area contributed by atoms with E-state index in [0.717, 1.165) is 18.9 Å². The molecule has 3 heteroatoms. The molecule has 0 spiro atoms. The standard InChI is InChI=1S/C16H26N2O/c1-14-5-3-7-16(13-14)19-12-9-17-15-6-4-10-18(2)11-8-15/h3,5,7,13,15,17H,4,6,8-12H2,1-2H3. The van der Waals surface area contributed by atoms with E-state index >= 15 is 0 Å². The van der Waals surface area contributed by atoms with Gasteiger partial charge in [0.1, 0.15) is 12.4 Å². The van der Waals surface area contributed by atoms with Gasteiger partial charge in [-0.3, -0.25) is 0 Å². The molecule has 3 nitrogen and oxygen atoms in total. The monoisotopic (exact) mass is 262 g/mol. The Balaban J connectivity index is 1.64. The van der Waals surface area contributed by atoms with Crippen LogP contribution in [0.25, 0.3) is 0 Å². The predicted octanol–water partition coefficient (Wildman–Crippen LogP) is 2.45. The third kappa shape index (κ3) is 5.21. The third-order valence-electron chi connectivity index (χ3n) is 3.75. The largest absolute Gasteiger partial charge is 0.492 e. The van der Waals surface area contributed by atoms with Crippen molar-refractivity contribution in [1.82, 2.24) is 10.2 Å². The molecule has 2 rings (SSSR count). The summed E-state index contributed by atoms with van der Waals surface area (Å²) in [5.41, 5.74) is 1.25. The minimum absolute atomic E-state index is 0.658. The van der Waals surface area contributed by atoms with Crippen LogP contribution in [0.1, 0.15) is 24.8 Å². The normalized spacial score (nSPS) is 21.1. The molecule has 0 saturated carbocycles. The van der Waals surface area contributed by atoms with Gasteiger partial charge in [0.05, 0.1) is 0 Å². The fraction of sp³-hybridized carbons (Fsp3) is 0.625. The van der Waals surface area contributed by atoms with Crippen LogP contribution in [-0.4, -0.2) is 44.2 Å². The Hall–Kier alpha value is -1.06. The smallest absolute Gasteiger partial charge is 0.119 e. The first-order valence-corrected chi connectivity index (χ1v) is 7.35. The van der Waals surface area contributed by atoms with Gasteiger partial charge in [-0.05, 0) is 64.0 Å². The van der Waals surface area contributed by atoms with Gasteiger partial charge in [-0.15, -0.1) is 0 Å². The van der Waals surface area contributed by atoms with Crippen LogP contribution in [0.5, 0.6) is 5.75 Å². The van der Waals surface area contributed by atoms with Crippen LogP contribution < -0.4 is 10.1 Å². The molecule has 1 atom stereocenters. The topological polar surface area (TPSA) is 24.5 Å². The summed E-state index contributed by atoms with van der Waals surface area (Å²) >= 11 is 0. The highest BCUT2D eigenvalue weighted by atomic mass is 16.5. The van der Waals surface area contributed by atoms with Gasteiger partial charge in [-0.1, -0.05) is 12.1 Å². The zero-order valence-corrected chi connectivity index (χ0v) is 12.2. The average Bonchev–Trinajstić information content (AvgIpc) is 2.60. The summed E-state index contributed by atoms with van der Waals surface area (Å²) in [6, 6.07) is 8.90. The number of benzene rings is 1. The van der Waals surface area contributed by atoms with Crippen LogP contribution in [0.2, 0.25) is 0 Å². The lowest BCUT2D eigenvalue weighted by Gasteiger charge is -2.17. The number of nitrogens with one attached hydrogen (secondary N) is 1. The van der Waals surface area contributed by atoms with E-state index in [1.54, 1.807) is 0 Å². The maximum absolute atomic E-state index is 5.76. The van der Waals surface area contributed by atoms with E-state index in [4.69, 9.17) is 4.74 Å². The van der Waals surface area contributed by atoms with Gasteiger partial charge in [-0.25, -0.2) is 0 Å². The molecule has 0 amide bonds. The highest BCUT2D eigenvalue weighted by molar-refractivity contribution is 5.27. The lowest BCUT2D eigenvalue weighted by Crippen LogP contribution is -2.33. The van der Waals surface area contributed by atoms with Gasteiger partial charge in [0.25, 0.3) is 0 Å². The number of likely N-dealkylation sites (tertiary alicyclic amines) is 1. The van der Waals surface area contributed by atoms with Crippen molar-refractivity contribution in [3.63, 3.8) is 0 Å². The second kappa shape index (κ2) is 7.51. The summed E-state index contributed by atoms with van der Waals surface area (Å²) in [5.74, 6) is 0.974.